The molecule has 0 aliphatic carbocycles. The first-order chi connectivity index (χ1) is 7.70. The Morgan fingerprint density at radius 1 is 1.56 bits per heavy atom. The van der Waals surface area contributed by atoms with Gasteiger partial charge in [0.05, 0.1) is 18.2 Å². The molecule has 1 aromatic heterocycles. The standard InChI is InChI=1S/C11H10BrFN2O/c12-6-3-8(13)11-9(4-6)15-7(5-16)1-2-10(15)14-11/h3-4,7,16H,1-2,5H2. The van der Waals surface area contributed by atoms with Crippen LogP contribution in [0.5, 0.6) is 0 Å². The highest BCUT2D eigenvalue weighted by Crippen LogP contribution is 2.33. The number of aryl methyl sites for hydroxylation is 1. The van der Waals surface area contributed by atoms with Gasteiger partial charge in [-0.1, -0.05) is 15.9 Å². The Morgan fingerprint density at radius 3 is 3.12 bits per heavy atom. The number of aliphatic hydroxyl groups is 1. The summed E-state index contributed by atoms with van der Waals surface area (Å²) >= 11 is 3.27. The van der Waals surface area contributed by atoms with E-state index in [1.807, 2.05) is 10.6 Å². The molecule has 1 N–H and O–H groups in total. The van der Waals surface area contributed by atoms with E-state index in [0.717, 1.165) is 24.2 Å². The van der Waals surface area contributed by atoms with Crippen molar-refractivity contribution in [2.75, 3.05) is 6.61 Å². The molecule has 84 valence electrons. The first-order valence-electron chi connectivity index (χ1n) is 5.17. The van der Waals surface area contributed by atoms with Crippen molar-refractivity contribution in [2.24, 2.45) is 0 Å². The number of benzene rings is 1. The molecule has 3 rings (SSSR count). The summed E-state index contributed by atoms with van der Waals surface area (Å²) in [5.41, 5.74) is 1.16. The molecule has 0 saturated heterocycles. The lowest BCUT2D eigenvalue weighted by Crippen LogP contribution is -2.07. The SMILES string of the molecule is OCC1CCc2nc3c(F)cc(Br)cc3n21. The van der Waals surface area contributed by atoms with Crippen LogP contribution in [0.1, 0.15) is 18.3 Å². The number of aliphatic hydroxyl groups excluding tert-OH is 1. The quantitative estimate of drug-likeness (QED) is 0.873. The molecule has 16 heavy (non-hydrogen) atoms. The minimum atomic E-state index is -0.317. The second kappa shape index (κ2) is 3.53. The monoisotopic (exact) mass is 284 g/mol. The van der Waals surface area contributed by atoms with Crippen LogP contribution in [0.4, 0.5) is 4.39 Å². The second-order valence-electron chi connectivity index (χ2n) is 4.03. The molecule has 1 aliphatic heterocycles. The fraction of sp³-hybridized carbons (Fsp3) is 0.364. The molecular weight excluding hydrogens is 275 g/mol. The molecule has 2 aromatic rings. The summed E-state index contributed by atoms with van der Waals surface area (Å²) in [6.07, 6.45) is 1.68. The first-order valence-corrected chi connectivity index (χ1v) is 5.96. The Balaban J connectivity index is 2.33. The zero-order chi connectivity index (χ0) is 11.3. The third-order valence-electron chi connectivity index (χ3n) is 3.06. The molecule has 3 nitrogen and oxygen atoms in total. The molecule has 1 atom stereocenters. The largest absolute Gasteiger partial charge is 0.394 e. The van der Waals surface area contributed by atoms with Gasteiger partial charge in [-0.2, -0.15) is 0 Å². The van der Waals surface area contributed by atoms with Crippen LogP contribution in [0.25, 0.3) is 11.0 Å². The molecule has 1 aliphatic rings. The third kappa shape index (κ3) is 1.31. The number of nitrogens with zero attached hydrogens (tertiary/aromatic N) is 2. The normalized spacial score (nSPS) is 19.3. The number of aromatic nitrogens is 2. The molecule has 5 heteroatoms. The van der Waals surface area contributed by atoms with Crippen LogP contribution >= 0.6 is 15.9 Å². The van der Waals surface area contributed by atoms with Crippen molar-refractivity contribution in [3.63, 3.8) is 0 Å². The molecule has 1 unspecified atom stereocenters. The van der Waals surface area contributed by atoms with Gasteiger partial charge in [0.25, 0.3) is 0 Å². The van der Waals surface area contributed by atoms with Crippen LogP contribution in [0, 0.1) is 5.82 Å². The van der Waals surface area contributed by atoms with Crippen LogP contribution in [0.15, 0.2) is 16.6 Å². The summed E-state index contributed by atoms with van der Waals surface area (Å²) < 4.78 is 16.3. The van der Waals surface area contributed by atoms with E-state index in [1.54, 1.807) is 0 Å². The summed E-state index contributed by atoms with van der Waals surface area (Å²) in [5.74, 6) is 0.550. The van der Waals surface area contributed by atoms with Gasteiger partial charge in [0, 0.05) is 10.9 Å². The molecule has 0 amide bonds. The van der Waals surface area contributed by atoms with Crippen LogP contribution in [-0.2, 0) is 6.42 Å². The number of rotatable bonds is 1. The molecule has 0 radical (unpaired) electrons. The number of halogens is 2. The van der Waals surface area contributed by atoms with Gasteiger partial charge in [-0.05, 0) is 18.6 Å². The van der Waals surface area contributed by atoms with E-state index in [2.05, 4.69) is 20.9 Å². The Morgan fingerprint density at radius 2 is 2.38 bits per heavy atom. The number of imidazole rings is 1. The molecule has 0 fully saturated rings. The number of hydrogen-bond donors (Lipinski definition) is 1. The van der Waals surface area contributed by atoms with Crippen molar-refractivity contribution in [1.29, 1.82) is 0 Å². The van der Waals surface area contributed by atoms with E-state index in [4.69, 9.17) is 0 Å². The lowest BCUT2D eigenvalue weighted by molar-refractivity contribution is 0.235. The van der Waals surface area contributed by atoms with Crippen LogP contribution in [0.3, 0.4) is 0 Å². The van der Waals surface area contributed by atoms with E-state index >= 15 is 0 Å². The summed E-state index contributed by atoms with van der Waals surface area (Å²) in [6, 6.07) is 3.30. The molecule has 2 heterocycles. The van der Waals surface area contributed by atoms with Gasteiger partial charge in [0.2, 0.25) is 0 Å². The summed E-state index contributed by atoms with van der Waals surface area (Å²) in [5, 5.41) is 9.28. The van der Waals surface area contributed by atoms with Gasteiger partial charge in [-0.3, -0.25) is 0 Å². The lowest BCUT2D eigenvalue weighted by atomic mass is 10.2. The van der Waals surface area contributed by atoms with E-state index in [-0.39, 0.29) is 18.5 Å². The lowest BCUT2D eigenvalue weighted by Gasteiger charge is -2.10. The molecular formula is C11H10BrFN2O. The summed E-state index contributed by atoms with van der Waals surface area (Å²) in [4.78, 5) is 4.29. The third-order valence-corrected chi connectivity index (χ3v) is 3.52. The Bertz CT molecular complexity index is 567. The fourth-order valence-electron chi connectivity index (χ4n) is 2.35. The van der Waals surface area contributed by atoms with Gasteiger partial charge < -0.3 is 9.67 Å². The molecule has 0 saturated carbocycles. The van der Waals surface area contributed by atoms with E-state index in [1.165, 1.54) is 6.07 Å². The molecule has 0 bridgehead atoms. The molecule has 1 aromatic carbocycles. The van der Waals surface area contributed by atoms with Crippen molar-refractivity contribution in [3.8, 4) is 0 Å². The highest BCUT2D eigenvalue weighted by molar-refractivity contribution is 9.10. The fourth-order valence-corrected chi connectivity index (χ4v) is 2.77. The van der Waals surface area contributed by atoms with Crippen molar-refractivity contribution in [2.45, 2.75) is 18.9 Å². The zero-order valence-corrected chi connectivity index (χ0v) is 10.0. The van der Waals surface area contributed by atoms with Crippen molar-refractivity contribution >= 4 is 27.0 Å². The zero-order valence-electron chi connectivity index (χ0n) is 8.45. The van der Waals surface area contributed by atoms with E-state index < -0.39 is 0 Å². The number of hydrogen-bond acceptors (Lipinski definition) is 2. The highest BCUT2D eigenvalue weighted by Gasteiger charge is 2.26. The topological polar surface area (TPSA) is 38.1 Å². The van der Waals surface area contributed by atoms with Crippen LogP contribution in [-0.4, -0.2) is 21.3 Å². The smallest absolute Gasteiger partial charge is 0.152 e. The number of fused-ring (bicyclic) bond motifs is 3. The van der Waals surface area contributed by atoms with Crippen molar-refractivity contribution in [1.82, 2.24) is 9.55 Å². The van der Waals surface area contributed by atoms with Gasteiger partial charge in [0.15, 0.2) is 5.82 Å². The van der Waals surface area contributed by atoms with Crippen molar-refractivity contribution in [3.05, 3.63) is 28.2 Å². The van der Waals surface area contributed by atoms with E-state index in [9.17, 15) is 9.50 Å². The maximum absolute atomic E-state index is 13.7. The second-order valence-corrected chi connectivity index (χ2v) is 4.94. The molecule has 0 spiro atoms. The maximum Gasteiger partial charge on any atom is 0.152 e. The first kappa shape index (κ1) is 10.2. The predicted octanol–water partition coefficient (Wildman–Crippen LogP) is 2.42. The predicted molar refractivity (Wildman–Crippen MR) is 61.8 cm³/mol. The van der Waals surface area contributed by atoms with Crippen LogP contribution in [0.2, 0.25) is 0 Å². The average Bonchev–Trinajstić information content (AvgIpc) is 2.77. The van der Waals surface area contributed by atoms with Gasteiger partial charge in [0.1, 0.15) is 11.3 Å². The summed E-state index contributed by atoms with van der Waals surface area (Å²) in [7, 11) is 0. The van der Waals surface area contributed by atoms with E-state index in [0.29, 0.717) is 9.99 Å². The van der Waals surface area contributed by atoms with Gasteiger partial charge in [-0.25, -0.2) is 9.37 Å². The van der Waals surface area contributed by atoms with Crippen molar-refractivity contribution < 1.29 is 9.50 Å². The van der Waals surface area contributed by atoms with Gasteiger partial charge >= 0.3 is 0 Å². The minimum Gasteiger partial charge on any atom is -0.394 e. The summed E-state index contributed by atoms with van der Waals surface area (Å²) in [6.45, 7) is 0.0760. The highest BCUT2D eigenvalue weighted by atomic mass is 79.9. The Kier molecular flexibility index (Phi) is 2.26. The maximum atomic E-state index is 13.7. The van der Waals surface area contributed by atoms with Gasteiger partial charge in [-0.15, -0.1) is 0 Å². The Labute approximate surface area is 100 Å². The van der Waals surface area contributed by atoms with Crippen LogP contribution < -0.4 is 0 Å². The average molecular weight is 285 g/mol. The Hall–Kier alpha value is -0.940. The minimum absolute atomic E-state index is 0.0358.